The lowest BCUT2D eigenvalue weighted by Crippen LogP contribution is -2.13. The molecule has 0 aromatic heterocycles. The van der Waals surface area contributed by atoms with Crippen molar-refractivity contribution < 1.29 is 0 Å². The second-order valence-electron chi connectivity index (χ2n) is 9.03. The molecule has 156 valence electrons. The maximum atomic E-state index is 2.41. The summed E-state index contributed by atoms with van der Waals surface area (Å²) in [6.07, 6.45) is 19.0. The van der Waals surface area contributed by atoms with E-state index in [0.717, 1.165) is 24.7 Å². The molecule has 0 N–H and O–H groups in total. The summed E-state index contributed by atoms with van der Waals surface area (Å²) in [5.41, 5.74) is 5.80. The first-order valence-electron chi connectivity index (χ1n) is 12.1. The van der Waals surface area contributed by atoms with E-state index in [4.69, 9.17) is 0 Å². The third kappa shape index (κ3) is 7.18. The van der Waals surface area contributed by atoms with E-state index in [-0.39, 0.29) is 0 Å². The first-order chi connectivity index (χ1) is 14.3. The molecule has 0 bridgehead atoms. The van der Waals surface area contributed by atoms with E-state index in [1.807, 2.05) is 0 Å². The van der Waals surface area contributed by atoms with Gasteiger partial charge in [-0.25, -0.2) is 0 Å². The molecule has 0 unspecified atom stereocenters. The van der Waals surface area contributed by atoms with Crippen LogP contribution in [0, 0.1) is 5.92 Å². The highest BCUT2D eigenvalue weighted by molar-refractivity contribution is 5.49. The molecule has 0 amide bonds. The Morgan fingerprint density at radius 3 is 1.97 bits per heavy atom. The molecule has 0 nitrogen and oxygen atoms in total. The third-order valence-electron chi connectivity index (χ3n) is 6.71. The Balaban J connectivity index is 1.45. The van der Waals surface area contributed by atoms with E-state index in [2.05, 4.69) is 74.5 Å². The van der Waals surface area contributed by atoms with Crippen molar-refractivity contribution in [2.45, 2.75) is 90.4 Å². The van der Waals surface area contributed by atoms with E-state index >= 15 is 0 Å². The van der Waals surface area contributed by atoms with Crippen LogP contribution in [0.15, 0.2) is 54.6 Å². The summed E-state index contributed by atoms with van der Waals surface area (Å²) in [6, 6.07) is 18.7. The van der Waals surface area contributed by atoms with Gasteiger partial charge in [-0.3, -0.25) is 0 Å². The Labute approximate surface area is 179 Å². The van der Waals surface area contributed by atoms with Crippen LogP contribution in [0.1, 0.15) is 99.8 Å². The van der Waals surface area contributed by atoms with Crippen molar-refractivity contribution in [2.75, 3.05) is 0 Å². The SMILES string of the molecule is CCCCC=Cc1ccc(CCc2ccc(C3CCC(CCC)CC3)cc2)cc1. The summed E-state index contributed by atoms with van der Waals surface area (Å²) in [6.45, 7) is 4.57. The molecule has 1 saturated carbocycles. The lowest BCUT2D eigenvalue weighted by atomic mass is 9.77. The van der Waals surface area contributed by atoms with Gasteiger partial charge in [0.15, 0.2) is 0 Å². The van der Waals surface area contributed by atoms with E-state index in [1.54, 1.807) is 5.56 Å². The number of aryl methyl sites for hydroxylation is 2. The Morgan fingerprint density at radius 1 is 0.759 bits per heavy atom. The molecule has 0 atom stereocenters. The van der Waals surface area contributed by atoms with Gasteiger partial charge in [0.25, 0.3) is 0 Å². The molecule has 0 radical (unpaired) electrons. The van der Waals surface area contributed by atoms with Crippen LogP contribution in [-0.4, -0.2) is 0 Å². The largest absolute Gasteiger partial charge is 0.0839 e. The van der Waals surface area contributed by atoms with Gasteiger partial charge in [0.1, 0.15) is 0 Å². The minimum absolute atomic E-state index is 0.801. The van der Waals surface area contributed by atoms with Crippen LogP contribution in [0.25, 0.3) is 6.08 Å². The van der Waals surface area contributed by atoms with Crippen molar-refractivity contribution in [3.05, 3.63) is 76.9 Å². The summed E-state index contributed by atoms with van der Waals surface area (Å²) >= 11 is 0. The summed E-state index contributed by atoms with van der Waals surface area (Å²) in [5, 5.41) is 0. The van der Waals surface area contributed by atoms with Crippen molar-refractivity contribution in [2.24, 2.45) is 5.92 Å². The van der Waals surface area contributed by atoms with Crippen molar-refractivity contribution >= 4 is 6.08 Å². The monoisotopic (exact) mass is 388 g/mol. The van der Waals surface area contributed by atoms with Crippen molar-refractivity contribution in [1.82, 2.24) is 0 Å². The van der Waals surface area contributed by atoms with Gasteiger partial charge in [-0.1, -0.05) is 100 Å². The lowest BCUT2D eigenvalue weighted by Gasteiger charge is -2.28. The van der Waals surface area contributed by atoms with Gasteiger partial charge in [0.2, 0.25) is 0 Å². The van der Waals surface area contributed by atoms with Crippen LogP contribution < -0.4 is 0 Å². The fourth-order valence-electron chi connectivity index (χ4n) is 4.77. The zero-order chi connectivity index (χ0) is 20.3. The summed E-state index contributed by atoms with van der Waals surface area (Å²) < 4.78 is 0. The predicted molar refractivity (Wildman–Crippen MR) is 128 cm³/mol. The van der Waals surface area contributed by atoms with Crippen molar-refractivity contribution in [3.8, 4) is 0 Å². The van der Waals surface area contributed by atoms with Crippen LogP contribution in [0.5, 0.6) is 0 Å². The van der Waals surface area contributed by atoms with Gasteiger partial charge < -0.3 is 0 Å². The number of allylic oxidation sites excluding steroid dienone is 1. The lowest BCUT2D eigenvalue weighted by molar-refractivity contribution is 0.308. The summed E-state index contributed by atoms with van der Waals surface area (Å²) in [7, 11) is 0. The van der Waals surface area contributed by atoms with Crippen LogP contribution in [0.2, 0.25) is 0 Å². The number of hydrogen-bond acceptors (Lipinski definition) is 0. The van der Waals surface area contributed by atoms with Gasteiger partial charge >= 0.3 is 0 Å². The Morgan fingerprint density at radius 2 is 1.38 bits per heavy atom. The molecule has 2 aromatic rings. The highest BCUT2D eigenvalue weighted by Gasteiger charge is 2.21. The predicted octanol–water partition coefficient (Wildman–Crippen LogP) is 8.75. The topological polar surface area (TPSA) is 0 Å². The van der Waals surface area contributed by atoms with Gasteiger partial charge in [0.05, 0.1) is 0 Å². The molecule has 1 fully saturated rings. The van der Waals surface area contributed by atoms with Gasteiger partial charge in [0, 0.05) is 0 Å². The first-order valence-corrected chi connectivity index (χ1v) is 12.1. The van der Waals surface area contributed by atoms with Crippen LogP contribution >= 0.6 is 0 Å². The fourth-order valence-corrected chi connectivity index (χ4v) is 4.77. The van der Waals surface area contributed by atoms with E-state index in [0.29, 0.717) is 0 Å². The maximum absolute atomic E-state index is 2.41. The molecule has 3 rings (SSSR count). The minimum atomic E-state index is 0.801. The maximum Gasteiger partial charge on any atom is -0.0162 e. The minimum Gasteiger partial charge on any atom is -0.0839 e. The highest BCUT2D eigenvalue weighted by atomic mass is 14.3. The number of unbranched alkanes of at least 4 members (excludes halogenated alkanes) is 2. The normalized spacial score (nSPS) is 19.7. The summed E-state index contributed by atoms with van der Waals surface area (Å²) in [5.74, 6) is 1.80. The quantitative estimate of drug-likeness (QED) is 0.357. The van der Waals surface area contributed by atoms with Gasteiger partial charge in [-0.15, -0.1) is 0 Å². The fraction of sp³-hybridized carbons (Fsp3) is 0.517. The van der Waals surface area contributed by atoms with Crippen molar-refractivity contribution in [1.29, 1.82) is 0 Å². The number of hydrogen-bond donors (Lipinski definition) is 0. The van der Waals surface area contributed by atoms with Crippen LogP contribution in [0.3, 0.4) is 0 Å². The zero-order valence-corrected chi connectivity index (χ0v) is 18.7. The van der Waals surface area contributed by atoms with Gasteiger partial charge in [-0.05, 0) is 79.0 Å². The number of benzene rings is 2. The molecular formula is C29H40. The average molecular weight is 389 g/mol. The molecule has 0 heteroatoms. The Kier molecular flexibility index (Phi) is 9.06. The Hall–Kier alpha value is -1.82. The summed E-state index contributed by atoms with van der Waals surface area (Å²) in [4.78, 5) is 0. The molecule has 0 heterocycles. The van der Waals surface area contributed by atoms with Crippen LogP contribution in [-0.2, 0) is 12.8 Å². The molecule has 29 heavy (non-hydrogen) atoms. The number of rotatable bonds is 10. The molecule has 0 aliphatic heterocycles. The average Bonchev–Trinajstić information content (AvgIpc) is 2.77. The zero-order valence-electron chi connectivity index (χ0n) is 18.7. The smallest absolute Gasteiger partial charge is 0.0162 e. The van der Waals surface area contributed by atoms with E-state index in [1.165, 1.54) is 74.5 Å². The standard InChI is InChI=1S/C29H40/c1-3-5-6-7-9-25-10-12-26(13-11-25)14-15-27-18-22-29(23-19-27)28-20-16-24(8-4-2)17-21-28/h7,9-13,18-19,22-24,28H,3-6,8,14-17,20-21H2,1-2H3. The third-order valence-corrected chi connectivity index (χ3v) is 6.71. The van der Waals surface area contributed by atoms with Crippen LogP contribution in [0.4, 0.5) is 0 Å². The second-order valence-corrected chi connectivity index (χ2v) is 9.03. The van der Waals surface area contributed by atoms with Gasteiger partial charge in [-0.2, -0.15) is 0 Å². The van der Waals surface area contributed by atoms with E-state index in [9.17, 15) is 0 Å². The molecular weight excluding hydrogens is 348 g/mol. The molecule has 0 saturated heterocycles. The van der Waals surface area contributed by atoms with Crippen molar-refractivity contribution in [3.63, 3.8) is 0 Å². The first kappa shape index (κ1) is 21.9. The van der Waals surface area contributed by atoms with E-state index < -0.39 is 0 Å². The molecule has 2 aromatic carbocycles. The Bertz CT molecular complexity index is 712. The molecule has 1 aliphatic rings. The highest BCUT2D eigenvalue weighted by Crippen LogP contribution is 2.37. The second kappa shape index (κ2) is 12.0. The molecule has 0 spiro atoms. The molecule has 1 aliphatic carbocycles.